The molecule has 2 heterocycles. The van der Waals surface area contributed by atoms with Gasteiger partial charge in [-0.15, -0.1) is 0 Å². The molecule has 2 unspecified atom stereocenters. The van der Waals surface area contributed by atoms with E-state index in [1.165, 1.54) is 0 Å². The smallest absolute Gasteiger partial charge is 0.248 e. The first-order chi connectivity index (χ1) is 10.1. The highest BCUT2D eigenvalue weighted by Crippen LogP contribution is 2.26. The molecule has 0 spiro atoms. The predicted octanol–water partition coefficient (Wildman–Crippen LogP) is 0.00990. The van der Waals surface area contributed by atoms with Crippen molar-refractivity contribution in [2.75, 3.05) is 19.7 Å². The fourth-order valence-electron chi connectivity index (χ4n) is 3.66. The van der Waals surface area contributed by atoms with Crippen LogP contribution in [0.1, 0.15) is 38.5 Å². The second kappa shape index (κ2) is 6.32. The van der Waals surface area contributed by atoms with Crippen molar-refractivity contribution in [3.63, 3.8) is 0 Å². The summed E-state index contributed by atoms with van der Waals surface area (Å²) >= 11 is 0. The first kappa shape index (κ1) is 14.8. The summed E-state index contributed by atoms with van der Waals surface area (Å²) < 4.78 is 5.75. The molecule has 6 nitrogen and oxygen atoms in total. The highest BCUT2D eigenvalue weighted by atomic mass is 16.5. The average molecular weight is 295 g/mol. The van der Waals surface area contributed by atoms with Gasteiger partial charge in [-0.3, -0.25) is 9.59 Å². The maximum absolute atomic E-state index is 12.2. The van der Waals surface area contributed by atoms with Crippen LogP contribution in [0.2, 0.25) is 0 Å². The van der Waals surface area contributed by atoms with E-state index in [0.717, 1.165) is 38.6 Å². The molecule has 3 aliphatic rings. The minimum Gasteiger partial charge on any atom is -0.368 e. The third-order valence-corrected chi connectivity index (χ3v) is 5.04. The summed E-state index contributed by atoms with van der Waals surface area (Å²) in [6, 6.07) is 0.439. The van der Waals surface area contributed by atoms with Crippen molar-refractivity contribution in [1.29, 1.82) is 0 Å². The van der Waals surface area contributed by atoms with Gasteiger partial charge in [0.05, 0.1) is 12.1 Å². The molecule has 2 atom stereocenters. The highest BCUT2D eigenvalue weighted by Gasteiger charge is 2.38. The van der Waals surface area contributed by atoms with Gasteiger partial charge < -0.3 is 20.7 Å². The second-order valence-corrected chi connectivity index (χ2v) is 6.62. The maximum atomic E-state index is 12.2. The minimum absolute atomic E-state index is 0.0496. The fourth-order valence-corrected chi connectivity index (χ4v) is 3.66. The van der Waals surface area contributed by atoms with E-state index < -0.39 is 0 Å². The van der Waals surface area contributed by atoms with E-state index in [4.69, 9.17) is 10.5 Å². The number of rotatable bonds is 3. The molecule has 6 heteroatoms. The van der Waals surface area contributed by atoms with Gasteiger partial charge in [0, 0.05) is 25.6 Å². The van der Waals surface area contributed by atoms with Crippen molar-refractivity contribution in [1.82, 2.24) is 10.2 Å². The number of nitrogens with one attached hydrogen (secondary N) is 1. The summed E-state index contributed by atoms with van der Waals surface area (Å²) in [6.45, 7) is 1.55. The molecule has 3 rings (SSSR count). The Kier molecular flexibility index (Phi) is 4.45. The number of carbonyl (C=O) groups is 2. The van der Waals surface area contributed by atoms with Gasteiger partial charge in [0.1, 0.15) is 6.61 Å². The van der Waals surface area contributed by atoms with Crippen LogP contribution in [-0.4, -0.2) is 54.6 Å². The predicted molar refractivity (Wildman–Crippen MR) is 77.4 cm³/mol. The van der Waals surface area contributed by atoms with Gasteiger partial charge in [-0.2, -0.15) is 0 Å². The Morgan fingerprint density at radius 3 is 2.76 bits per heavy atom. The van der Waals surface area contributed by atoms with E-state index in [0.29, 0.717) is 24.9 Å². The molecule has 118 valence electrons. The standard InChI is InChI=1S/C15H25N3O3/c16-11-2-4-12(5-3-11)21-9-15(20)18-7-10-1-6-14(19)17-13(10)8-18/h10-13H,1-9,16H2,(H,17,19). The van der Waals surface area contributed by atoms with E-state index in [1.807, 2.05) is 4.90 Å². The van der Waals surface area contributed by atoms with Crippen molar-refractivity contribution in [3.05, 3.63) is 0 Å². The van der Waals surface area contributed by atoms with Crippen LogP contribution >= 0.6 is 0 Å². The van der Waals surface area contributed by atoms with Crippen molar-refractivity contribution in [2.45, 2.75) is 56.7 Å². The number of nitrogens with two attached hydrogens (primary N) is 1. The zero-order valence-electron chi connectivity index (χ0n) is 12.4. The molecule has 3 fully saturated rings. The molecule has 21 heavy (non-hydrogen) atoms. The minimum atomic E-state index is 0.0496. The first-order valence-corrected chi connectivity index (χ1v) is 8.06. The molecule has 0 bridgehead atoms. The molecule has 0 aromatic carbocycles. The molecule has 2 saturated heterocycles. The zero-order valence-corrected chi connectivity index (χ0v) is 12.4. The largest absolute Gasteiger partial charge is 0.368 e. The van der Waals surface area contributed by atoms with Gasteiger partial charge in [-0.25, -0.2) is 0 Å². The molecule has 0 radical (unpaired) electrons. The summed E-state index contributed by atoms with van der Waals surface area (Å²) in [7, 11) is 0. The third kappa shape index (κ3) is 3.55. The van der Waals surface area contributed by atoms with Crippen LogP contribution in [0.4, 0.5) is 0 Å². The molecule has 2 aliphatic heterocycles. The molecule has 2 amide bonds. The zero-order chi connectivity index (χ0) is 14.8. The van der Waals surface area contributed by atoms with Gasteiger partial charge in [-0.1, -0.05) is 0 Å². The molecule has 1 saturated carbocycles. The number of nitrogens with zero attached hydrogens (tertiary/aromatic N) is 1. The van der Waals surface area contributed by atoms with E-state index in [9.17, 15) is 9.59 Å². The van der Waals surface area contributed by atoms with Crippen LogP contribution in [0.3, 0.4) is 0 Å². The summed E-state index contributed by atoms with van der Waals surface area (Å²) in [5.41, 5.74) is 5.87. The van der Waals surface area contributed by atoms with Crippen molar-refractivity contribution >= 4 is 11.8 Å². The quantitative estimate of drug-likeness (QED) is 0.768. The highest BCUT2D eigenvalue weighted by molar-refractivity contribution is 5.79. The lowest BCUT2D eigenvalue weighted by molar-refractivity contribution is -0.138. The van der Waals surface area contributed by atoms with Gasteiger partial charge >= 0.3 is 0 Å². The molecule has 1 aliphatic carbocycles. The second-order valence-electron chi connectivity index (χ2n) is 6.62. The number of carbonyl (C=O) groups excluding carboxylic acids is 2. The van der Waals surface area contributed by atoms with Crippen molar-refractivity contribution in [2.24, 2.45) is 11.7 Å². The Labute approximate surface area is 125 Å². The van der Waals surface area contributed by atoms with Crippen molar-refractivity contribution < 1.29 is 14.3 Å². The number of likely N-dealkylation sites (tertiary alicyclic amines) is 1. The van der Waals surface area contributed by atoms with Gasteiger partial charge in [0.15, 0.2) is 0 Å². The molecular formula is C15H25N3O3. The molecule has 0 aromatic rings. The van der Waals surface area contributed by atoms with Crippen LogP contribution in [0.25, 0.3) is 0 Å². The summed E-state index contributed by atoms with van der Waals surface area (Å²) in [4.78, 5) is 25.5. The Morgan fingerprint density at radius 1 is 1.24 bits per heavy atom. The van der Waals surface area contributed by atoms with Crippen LogP contribution < -0.4 is 11.1 Å². The van der Waals surface area contributed by atoms with E-state index in [2.05, 4.69) is 5.32 Å². The lowest BCUT2D eigenvalue weighted by atomic mass is 9.94. The SMILES string of the molecule is NC1CCC(OCC(=O)N2CC3CCC(=O)NC3C2)CC1. The van der Waals surface area contributed by atoms with E-state index in [1.54, 1.807) is 0 Å². The topological polar surface area (TPSA) is 84.7 Å². The summed E-state index contributed by atoms with van der Waals surface area (Å²) in [5, 5.41) is 2.99. The monoisotopic (exact) mass is 295 g/mol. The Morgan fingerprint density at radius 2 is 2.00 bits per heavy atom. The lowest BCUT2D eigenvalue weighted by Crippen LogP contribution is -2.44. The Bertz CT molecular complexity index is 407. The number of hydrogen-bond donors (Lipinski definition) is 2. The Balaban J connectivity index is 1.43. The van der Waals surface area contributed by atoms with Crippen LogP contribution in [0.15, 0.2) is 0 Å². The normalized spacial score (nSPS) is 36.2. The number of hydrogen-bond acceptors (Lipinski definition) is 4. The Hall–Kier alpha value is -1.14. The molecular weight excluding hydrogens is 270 g/mol. The van der Waals surface area contributed by atoms with Gasteiger partial charge in [0.25, 0.3) is 0 Å². The first-order valence-electron chi connectivity index (χ1n) is 8.06. The lowest BCUT2D eigenvalue weighted by Gasteiger charge is -2.26. The van der Waals surface area contributed by atoms with Crippen LogP contribution in [0.5, 0.6) is 0 Å². The molecule has 3 N–H and O–H groups in total. The average Bonchev–Trinajstić information content (AvgIpc) is 2.89. The summed E-state index contributed by atoms with van der Waals surface area (Å²) in [6.07, 6.45) is 5.53. The third-order valence-electron chi connectivity index (χ3n) is 5.04. The van der Waals surface area contributed by atoms with Crippen LogP contribution in [0, 0.1) is 5.92 Å². The van der Waals surface area contributed by atoms with E-state index in [-0.39, 0.29) is 30.6 Å². The van der Waals surface area contributed by atoms with Gasteiger partial charge in [0.2, 0.25) is 11.8 Å². The van der Waals surface area contributed by atoms with Gasteiger partial charge in [-0.05, 0) is 38.0 Å². The number of fused-ring (bicyclic) bond motifs is 1. The summed E-state index contributed by atoms with van der Waals surface area (Å²) in [5.74, 6) is 0.577. The van der Waals surface area contributed by atoms with E-state index >= 15 is 0 Å². The van der Waals surface area contributed by atoms with Crippen LogP contribution in [-0.2, 0) is 14.3 Å². The van der Waals surface area contributed by atoms with Crippen molar-refractivity contribution in [3.8, 4) is 0 Å². The molecule has 0 aromatic heterocycles. The maximum Gasteiger partial charge on any atom is 0.248 e. The number of ether oxygens (including phenoxy) is 1. The number of amides is 2. The number of piperidine rings is 1. The fraction of sp³-hybridized carbons (Fsp3) is 0.867.